The molecule has 0 bridgehead atoms. The molecule has 2 aromatic rings. The fourth-order valence-electron chi connectivity index (χ4n) is 2.50. The summed E-state index contributed by atoms with van der Waals surface area (Å²) in [4.78, 5) is 20.5. The van der Waals surface area contributed by atoms with Crippen LogP contribution in [0.1, 0.15) is 50.4 Å². The summed E-state index contributed by atoms with van der Waals surface area (Å²) in [5.74, 6) is 0.580. The highest BCUT2D eigenvalue weighted by molar-refractivity contribution is 5.85. The minimum atomic E-state index is -1.33. The molecule has 130 valence electrons. The molecule has 1 unspecified atom stereocenters. The van der Waals surface area contributed by atoms with Crippen LogP contribution in [-0.4, -0.2) is 21.0 Å². The van der Waals surface area contributed by atoms with Crippen molar-refractivity contribution in [2.45, 2.75) is 45.7 Å². The lowest BCUT2D eigenvalue weighted by atomic mass is 9.86. The molecule has 0 fully saturated rings. The lowest BCUT2D eigenvalue weighted by Crippen LogP contribution is -2.50. The zero-order chi connectivity index (χ0) is 17.9. The van der Waals surface area contributed by atoms with Crippen molar-refractivity contribution in [3.8, 4) is 0 Å². The molecular weight excluding hydrogens is 308 g/mol. The number of nitrogens with zero attached hydrogens (tertiary/aromatic N) is 3. The maximum atomic E-state index is 11.9. The first-order chi connectivity index (χ1) is 11.2. The molecule has 0 saturated heterocycles. The van der Waals surface area contributed by atoms with E-state index in [2.05, 4.69) is 20.4 Å². The van der Waals surface area contributed by atoms with Gasteiger partial charge >= 0.3 is 0 Å². The largest absolute Gasteiger partial charge is 0.368 e. The Balaban J connectivity index is 2.25. The fraction of sp³-hybridized carbons (Fsp3) is 0.500. The zero-order valence-corrected chi connectivity index (χ0v) is 14.4. The summed E-state index contributed by atoms with van der Waals surface area (Å²) >= 11 is 0. The number of nitrogens with one attached hydrogen (secondary N) is 1. The number of primary amides is 1. The van der Waals surface area contributed by atoms with E-state index in [4.69, 9.17) is 16.0 Å². The molecule has 8 nitrogen and oxygen atoms in total. The summed E-state index contributed by atoms with van der Waals surface area (Å²) < 4.78 is 5.22. The summed E-state index contributed by atoms with van der Waals surface area (Å²) in [6, 6.07) is 3.26. The van der Waals surface area contributed by atoms with Crippen LogP contribution in [0.4, 0.5) is 5.95 Å². The second-order valence-corrected chi connectivity index (χ2v) is 6.44. The van der Waals surface area contributed by atoms with Crippen molar-refractivity contribution in [2.75, 3.05) is 5.32 Å². The number of aromatic nitrogens is 3. The van der Waals surface area contributed by atoms with Gasteiger partial charge in [0.2, 0.25) is 11.9 Å². The second-order valence-electron chi connectivity index (χ2n) is 6.44. The maximum absolute atomic E-state index is 11.9. The first-order valence-corrected chi connectivity index (χ1v) is 7.84. The van der Waals surface area contributed by atoms with E-state index in [0.29, 0.717) is 23.8 Å². The van der Waals surface area contributed by atoms with Crippen molar-refractivity contribution in [3.63, 3.8) is 0 Å². The summed E-state index contributed by atoms with van der Waals surface area (Å²) in [5, 5.41) is 6.97. The first-order valence-electron chi connectivity index (χ1n) is 7.84. The molecule has 0 saturated carbocycles. The van der Waals surface area contributed by atoms with E-state index in [0.717, 1.165) is 5.69 Å². The third kappa shape index (κ3) is 3.88. The number of rotatable bonds is 7. The highest BCUT2D eigenvalue weighted by Crippen LogP contribution is 2.26. The molecule has 0 spiro atoms. The van der Waals surface area contributed by atoms with Gasteiger partial charge in [-0.05, 0) is 32.3 Å². The highest BCUT2D eigenvalue weighted by Gasteiger charge is 2.36. The lowest BCUT2D eigenvalue weighted by Gasteiger charge is -2.27. The van der Waals surface area contributed by atoms with Crippen molar-refractivity contribution in [3.05, 3.63) is 35.5 Å². The average Bonchev–Trinajstić information content (AvgIpc) is 2.93. The quantitative estimate of drug-likeness (QED) is 0.701. The Morgan fingerprint density at radius 1 is 1.42 bits per heavy atom. The fourth-order valence-corrected chi connectivity index (χ4v) is 2.50. The van der Waals surface area contributed by atoms with Gasteiger partial charge in [-0.3, -0.25) is 4.79 Å². The number of carbonyl (C=O) groups excluding carboxylic acids is 1. The molecular formula is C16H24N6O2. The van der Waals surface area contributed by atoms with Gasteiger partial charge < -0.3 is 21.3 Å². The molecule has 0 aromatic carbocycles. The second kappa shape index (κ2) is 6.96. The van der Waals surface area contributed by atoms with E-state index in [1.54, 1.807) is 12.3 Å². The Labute approximate surface area is 141 Å². The van der Waals surface area contributed by atoms with Gasteiger partial charge in [-0.2, -0.15) is 0 Å². The molecule has 2 rings (SSSR count). The van der Waals surface area contributed by atoms with Crippen molar-refractivity contribution in [1.82, 2.24) is 15.1 Å². The summed E-state index contributed by atoms with van der Waals surface area (Å²) in [6.07, 6.45) is 1.95. The Bertz CT molecular complexity index is 714. The van der Waals surface area contributed by atoms with E-state index in [9.17, 15) is 4.79 Å². The van der Waals surface area contributed by atoms with E-state index < -0.39 is 11.4 Å². The monoisotopic (exact) mass is 332 g/mol. The van der Waals surface area contributed by atoms with Crippen LogP contribution >= 0.6 is 0 Å². The van der Waals surface area contributed by atoms with Crippen molar-refractivity contribution in [1.29, 1.82) is 0 Å². The minimum absolute atomic E-state index is 0.185. The van der Waals surface area contributed by atoms with Crippen LogP contribution in [0.5, 0.6) is 0 Å². The molecule has 0 aliphatic rings. The normalized spacial score (nSPS) is 15.1. The van der Waals surface area contributed by atoms with E-state index >= 15 is 0 Å². The van der Waals surface area contributed by atoms with Crippen LogP contribution in [0.2, 0.25) is 0 Å². The molecule has 24 heavy (non-hydrogen) atoms. The number of hydrogen-bond acceptors (Lipinski definition) is 7. The number of hydrogen-bond donors (Lipinski definition) is 3. The van der Waals surface area contributed by atoms with Gasteiger partial charge in [0.1, 0.15) is 5.54 Å². The molecule has 5 N–H and O–H groups in total. The van der Waals surface area contributed by atoms with E-state index in [1.807, 2.05) is 33.8 Å². The van der Waals surface area contributed by atoms with Crippen LogP contribution in [0.15, 0.2) is 22.9 Å². The Morgan fingerprint density at radius 3 is 2.67 bits per heavy atom. The molecule has 2 aromatic heterocycles. The third-order valence-corrected chi connectivity index (χ3v) is 3.70. The van der Waals surface area contributed by atoms with Crippen molar-refractivity contribution < 1.29 is 9.32 Å². The van der Waals surface area contributed by atoms with Gasteiger partial charge in [0.25, 0.3) is 0 Å². The van der Waals surface area contributed by atoms with Crippen molar-refractivity contribution >= 4 is 11.9 Å². The number of nitrogens with two attached hydrogens (primary N) is 2. The van der Waals surface area contributed by atoms with Gasteiger partial charge in [-0.1, -0.05) is 19.0 Å². The Kier molecular flexibility index (Phi) is 5.18. The van der Waals surface area contributed by atoms with Gasteiger partial charge in [-0.15, -0.1) is 0 Å². The van der Waals surface area contributed by atoms with Gasteiger partial charge in [-0.25, -0.2) is 9.97 Å². The van der Waals surface area contributed by atoms with Crippen LogP contribution in [-0.2, 0) is 10.3 Å². The molecule has 0 radical (unpaired) electrons. The molecule has 0 aliphatic carbocycles. The van der Waals surface area contributed by atoms with Crippen LogP contribution in [0.3, 0.4) is 0 Å². The van der Waals surface area contributed by atoms with Gasteiger partial charge in [0.15, 0.2) is 5.76 Å². The van der Waals surface area contributed by atoms with Crippen molar-refractivity contribution in [2.24, 2.45) is 17.4 Å². The minimum Gasteiger partial charge on any atom is -0.368 e. The van der Waals surface area contributed by atoms with E-state index in [-0.39, 0.29) is 12.0 Å². The van der Waals surface area contributed by atoms with E-state index in [1.165, 1.54) is 0 Å². The topological polar surface area (TPSA) is 133 Å². The molecule has 8 heteroatoms. The number of amides is 1. The van der Waals surface area contributed by atoms with Crippen LogP contribution in [0, 0.1) is 12.8 Å². The predicted octanol–water partition coefficient (Wildman–Crippen LogP) is 1.63. The Morgan fingerprint density at radius 2 is 2.12 bits per heavy atom. The molecule has 1 amide bonds. The first kappa shape index (κ1) is 17.9. The molecule has 0 aliphatic heterocycles. The number of anilines is 1. The maximum Gasteiger partial charge on any atom is 0.243 e. The Hall–Kier alpha value is -2.48. The molecule has 2 atom stereocenters. The lowest BCUT2D eigenvalue weighted by molar-refractivity contribution is -0.124. The predicted molar refractivity (Wildman–Crippen MR) is 89.8 cm³/mol. The van der Waals surface area contributed by atoms with Gasteiger partial charge in [0, 0.05) is 12.3 Å². The van der Waals surface area contributed by atoms with Crippen LogP contribution < -0.4 is 16.8 Å². The summed E-state index contributed by atoms with van der Waals surface area (Å²) in [7, 11) is 0. The smallest absolute Gasteiger partial charge is 0.243 e. The average molecular weight is 332 g/mol. The van der Waals surface area contributed by atoms with Crippen LogP contribution in [0.25, 0.3) is 0 Å². The highest BCUT2D eigenvalue weighted by atomic mass is 16.5. The van der Waals surface area contributed by atoms with Gasteiger partial charge in [0.05, 0.1) is 17.4 Å². The number of aryl methyl sites for hydroxylation is 1. The summed E-state index contributed by atoms with van der Waals surface area (Å²) in [5.41, 5.74) is 11.6. The summed E-state index contributed by atoms with van der Waals surface area (Å²) in [6.45, 7) is 7.69. The molecule has 2 heterocycles. The third-order valence-electron chi connectivity index (χ3n) is 3.70. The zero-order valence-electron chi connectivity index (χ0n) is 14.4. The SMILES string of the molecule is Cc1cc(C(C)Nc2nccc([C@](N)(CC(C)C)C(N)=O)n2)on1. The standard InChI is InChI=1S/C16H24N6O2/c1-9(2)8-16(18,14(17)23)13-5-6-19-15(21-13)20-11(4)12-7-10(3)22-24-12/h5-7,9,11H,8,18H2,1-4H3,(H2,17,23)(H,19,20,21)/t11?,16-/m1/s1. The number of carbonyl (C=O) groups is 1.